The summed E-state index contributed by atoms with van der Waals surface area (Å²) >= 11 is 0. The largest absolute Gasteiger partial charge is 0.376 e. The molecule has 2 N–H and O–H groups in total. The average molecular weight is 401 g/mol. The third kappa shape index (κ3) is 3.42. The van der Waals surface area contributed by atoms with E-state index in [1.54, 1.807) is 19.0 Å². The first kappa shape index (κ1) is 18.7. The first-order valence-electron chi connectivity index (χ1n) is 9.35. The van der Waals surface area contributed by atoms with Gasteiger partial charge in [-0.3, -0.25) is 0 Å². The van der Waals surface area contributed by atoms with Gasteiger partial charge in [-0.1, -0.05) is 6.07 Å². The lowest BCUT2D eigenvalue weighted by Crippen LogP contribution is -2.35. The molecule has 2 aliphatic rings. The van der Waals surface area contributed by atoms with Crippen LogP contribution in [0.4, 0.5) is 16.2 Å². The van der Waals surface area contributed by atoms with Crippen molar-refractivity contribution in [3.05, 3.63) is 40.6 Å². The number of aromatic nitrogens is 2. The van der Waals surface area contributed by atoms with Crippen LogP contribution in [-0.2, 0) is 35.7 Å². The molecule has 0 spiro atoms. The Balaban J connectivity index is 1.58. The normalized spacial score (nSPS) is 15.1. The van der Waals surface area contributed by atoms with Gasteiger partial charge in [0, 0.05) is 25.8 Å². The van der Waals surface area contributed by atoms with Gasteiger partial charge in [0.25, 0.3) is 10.0 Å². The fraction of sp³-hybridized carbons (Fsp3) is 0.421. The lowest BCUT2D eigenvalue weighted by molar-refractivity contribution is 0.256. The lowest BCUT2D eigenvalue weighted by Gasteiger charge is -2.17. The van der Waals surface area contributed by atoms with Crippen LogP contribution in [0.15, 0.2) is 23.4 Å². The molecule has 0 radical (unpaired) electrons. The number of fused-ring (bicyclic) bond motifs is 2. The van der Waals surface area contributed by atoms with Crippen molar-refractivity contribution in [3.8, 4) is 0 Å². The van der Waals surface area contributed by atoms with Gasteiger partial charge >= 0.3 is 6.03 Å². The summed E-state index contributed by atoms with van der Waals surface area (Å²) < 4.78 is 27.2. The van der Waals surface area contributed by atoms with E-state index in [9.17, 15) is 13.2 Å². The van der Waals surface area contributed by atoms with Crippen LogP contribution in [0.2, 0.25) is 0 Å². The van der Waals surface area contributed by atoms with Crippen molar-refractivity contribution in [1.82, 2.24) is 14.9 Å². The van der Waals surface area contributed by atoms with Crippen LogP contribution in [0.1, 0.15) is 35.1 Å². The van der Waals surface area contributed by atoms with Gasteiger partial charge in [-0.2, -0.15) is 13.5 Å². The summed E-state index contributed by atoms with van der Waals surface area (Å²) in [4.78, 5) is 14.3. The molecule has 0 bridgehead atoms. The number of aryl methyl sites for hydroxylation is 2. The Morgan fingerprint density at radius 2 is 1.68 bits per heavy atom. The van der Waals surface area contributed by atoms with Gasteiger partial charge in [-0.05, 0) is 60.8 Å². The molecule has 0 fully saturated rings. The zero-order valence-corrected chi connectivity index (χ0v) is 16.8. The van der Waals surface area contributed by atoms with Gasteiger partial charge in [-0.15, -0.1) is 5.10 Å². The number of carbonyl (C=O) groups excluding carboxylic acids is 1. The summed E-state index contributed by atoms with van der Waals surface area (Å²) in [7, 11) is -0.590. The van der Waals surface area contributed by atoms with E-state index in [0.29, 0.717) is 5.69 Å². The lowest BCUT2D eigenvalue weighted by atomic mass is 9.99. The number of urea groups is 1. The molecule has 1 aromatic carbocycles. The molecule has 2 aromatic rings. The van der Waals surface area contributed by atoms with Gasteiger partial charge in [0.15, 0.2) is 5.03 Å². The van der Waals surface area contributed by atoms with Crippen LogP contribution in [0.3, 0.4) is 0 Å². The molecule has 0 unspecified atom stereocenters. The molecule has 1 heterocycles. The number of rotatable bonds is 4. The molecule has 4 rings (SSSR count). The Bertz CT molecular complexity index is 1020. The van der Waals surface area contributed by atoms with E-state index in [4.69, 9.17) is 0 Å². The Hall–Kier alpha value is -2.68. The molecule has 148 valence electrons. The zero-order valence-electron chi connectivity index (χ0n) is 15.9. The second kappa shape index (κ2) is 7.05. The monoisotopic (exact) mass is 401 g/mol. The van der Waals surface area contributed by atoms with E-state index in [0.717, 1.165) is 55.3 Å². The topological polar surface area (TPSA) is 104 Å². The standard InChI is InChI=1S/C19H23N5O3S/c1-24(2)14-10-17(22-20-11-14)28(26,27)23-19(25)21-18-15-7-3-5-12(15)9-13-6-4-8-16(13)18/h9-11H,3-8H2,1-2H3,(H2,21,23,25). The fourth-order valence-corrected chi connectivity index (χ4v) is 4.82. The summed E-state index contributed by atoms with van der Waals surface area (Å²) in [6, 6.07) is 2.86. The minimum Gasteiger partial charge on any atom is -0.376 e. The van der Waals surface area contributed by atoms with E-state index < -0.39 is 16.1 Å². The van der Waals surface area contributed by atoms with Crippen LogP contribution >= 0.6 is 0 Å². The third-order valence-electron chi connectivity index (χ3n) is 5.35. The molecule has 0 saturated heterocycles. The number of nitrogens with zero attached hydrogens (tertiary/aromatic N) is 3. The minimum absolute atomic E-state index is 0.294. The summed E-state index contributed by atoms with van der Waals surface area (Å²) in [6.07, 6.45) is 7.38. The van der Waals surface area contributed by atoms with Crippen LogP contribution in [-0.4, -0.2) is 38.7 Å². The molecular weight excluding hydrogens is 378 g/mol. The summed E-state index contributed by atoms with van der Waals surface area (Å²) in [5.41, 5.74) is 6.19. The van der Waals surface area contributed by atoms with Crippen molar-refractivity contribution < 1.29 is 13.2 Å². The molecule has 1 aromatic heterocycles. The maximum atomic E-state index is 12.6. The van der Waals surface area contributed by atoms with Crippen LogP contribution in [0, 0.1) is 0 Å². The van der Waals surface area contributed by atoms with Crippen molar-refractivity contribution >= 4 is 27.4 Å². The zero-order chi connectivity index (χ0) is 19.9. The Labute approximate surface area is 164 Å². The molecule has 0 aliphatic heterocycles. The highest BCUT2D eigenvalue weighted by atomic mass is 32.2. The smallest absolute Gasteiger partial charge is 0.333 e. The SMILES string of the molecule is CN(C)c1cnnc(S(=O)(=O)NC(=O)Nc2c3c(cc4c2CCC4)CCC3)c1. The highest BCUT2D eigenvalue weighted by Crippen LogP contribution is 2.38. The average Bonchev–Trinajstić information content (AvgIpc) is 3.30. The number of carbonyl (C=O) groups is 1. The number of nitrogens with one attached hydrogen (secondary N) is 2. The first-order chi connectivity index (χ1) is 13.3. The molecule has 28 heavy (non-hydrogen) atoms. The number of sulfonamides is 1. The van der Waals surface area contributed by atoms with E-state index in [1.165, 1.54) is 23.4 Å². The Kier molecular flexibility index (Phi) is 4.70. The Morgan fingerprint density at radius 1 is 1.04 bits per heavy atom. The maximum Gasteiger partial charge on any atom is 0.333 e. The summed E-state index contributed by atoms with van der Waals surface area (Å²) in [6.45, 7) is 0. The first-order valence-corrected chi connectivity index (χ1v) is 10.8. The van der Waals surface area contributed by atoms with Gasteiger partial charge < -0.3 is 10.2 Å². The molecule has 9 heteroatoms. The maximum absolute atomic E-state index is 12.6. The van der Waals surface area contributed by atoms with E-state index >= 15 is 0 Å². The van der Waals surface area contributed by atoms with Gasteiger partial charge in [0.1, 0.15) is 0 Å². The van der Waals surface area contributed by atoms with Crippen LogP contribution < -0.4 is 14.9 Å². The summed E-state index contributed by atoms with van der Waals surface area (Å²) in [5.74, 6) is 0. The molecular formula is C19H23N5O3S. The number of anilines is 2. The van der Waals surface area contributed by atoms with Crippen molar-refractivity contribution in [2.24, 2.45) is 0 Å². The van der Waals surface area contributed by atoms with E-state index in [-0.39, 0.29) is 5.03 Å². The van der Waals surface area contributed by atoms with Crippen LogP contribution in [0.5, 0.6) is 0 Å². The van der Waals surface area contributed by atoms with Gasteiger partial charge in [0.05, 0.1) is 11.9 Å². The molecule has 0 atom stereocenters. The molecule has 0 saturated carbocycles. The van der Waals surface area contributed by atoms with Crippen molar-refractivity contribution in [2.75, 3.05) is 24.3 Å². The second-order valence-electron chi connectivity index (χ2n) is 7.44. The number of benzene rings is 1. The highest BCUT2D eigenvalue weighted by molar-refractivity contribution is 7.90. The molecule has 8 nitrogen and oxygen atoms in total. The summed E-state index contributed by atoms with van der Waals surface area (Å²) in [5, 5.41) is 9.90. The predicted octanol–water partition coefficient (Wildman–Crippen LogP) is 2.03. The van der Waals surface area contributed by atoms with Crippen molar-refractivity contribution in [3.63, 3.8) is 0 Å². The predicted molar refractivity (Wildman–Crippen MR) is 106 cm³/mol. The fourth-order valence-electron chi connectivity index (χ4n) is 3.99. The van der Waals surface area contributed by atoms with E-state index in [2.05, 4.69) is 26.3 Å². The van der Waals surface area contributed by atoms with Crippen molar-refractivity contribution in [1.29, 1.82) is 0 Å². The third-order valence-corrected chi connectivity index (χ3v) is 6.55. The quantitative estimate of drug-likeness (QED) is 0.812. The van der Waals surface area contributed by atoms with Crippen LogP contribution in [0.25, 0.3) is 0 Å². The van der Waals surface area contributed by atoms with Crippen molar-refractivity contribution in [2.45, 2.75) is 43.6 Å². The second-order valence-corrected chi connectivity index (χ2v) is 9.07. The Morgan fingerprint density at radius 3 is 2.29 bits per heavy atom. The van der Waals surface area contributed by atoms with Gasteiger partial charge in [0.2, 0.25) is 0 Å². The number of hydrogen-bond acceptors (Lipinski definition) is 6. The minimum atomic E-state index is -4.13. The van der Waals surface area contributed by atoms with Gasteiger partial charge in [-0.25, -0.2) is 9.52 Å². The number of hydrogen-bond donors (Lipinski definition) is 2. The molecule has 2 aliphatic carbocycles. The molecule has 2 amide bonds. The number of amides is 2. The highest BCUT2D eigenvalue weighted by Gasteiger charge is 2.27. The van der Waals surface area contributed by atoms with E-state index in [1.807, 2.05) is 0 Å².